The molecule has 0 atom stereocenters. The second-order valence-electron chi connectivity index (χ2n) is 8.39. The Morgan fingerprint density at radius 2 is 1.84 bits per heavy atom. The van der Waals surface area contributed by atoms with Crippen LogP contribution in [0.5, 0.6) is 5.75 Å². The third-order valence-electron chi connectivity index (χ3n) is 6.18. The molecule has 2 fully saturated rings. The van der Waals surface area contributed by atoms with Crippen LogP contribution in [0.2, 0.25) is 0 Å². The smallest absolute Gasteiger partial charge is 0.471 e. The van der Waals surface area contributed by atoms with E-state index in [9.17, 15) is 22.4 Å². The lowest BCUT2D eigenvalue weighted by atomic mass is 9.84. The molecular formula is C22H27F4N3O2. The maximum absolute atomic E-state index is 13.2. The Morgan fingerprint density at radius 3 is 2.45 bits per heavy atom. The Balaban J connectivity index is 1.34. The normalized spacial score (nSPS) is 23.2. The van der Waals surface area contributed by atoms with Crippen molar-refractivity contribution in [3.8, 4) is 11.8 Å². The Kier molecular flexibility index (Phi) is 7.76. The van der Waals surface area contributed by atoms with E-state index in [1.54, 1.807) is 0 Å². The van der Waals surface area contributed by atoms with Gasteiger partial charge in [0.1, 0.15) is 23.7 Å². The van der Waals surface area contributed by atoms with Gasteiger partial charge in [-0.2, -0.15) is 18.4 Å². The van der Waals surface area contributed by atoms with Crippen LogP contribution in [0, 0.1) is 23.1 Å². The Morgan fingerprint density at radius 1 is 1.16 bits per heavy atom. The highest BCUT2D eigenvalue weighted by molar-refractivity contribution is 5.81. The number of carbonyl (C=O) groups excluding carboxylic acids is 1. The number of rotatable bonds is 6. The van der Waals surface area contributed by atoms with E-state index in [4.69, 9.17) is 10.00 Å². The van der Waals surface area contributed by atoms with E-state index in [-0.39, 0.29) is 17.7 Å². The van der Waals surface area contributed by atoms with Gasteiger partial charge in [0.25, 0.3) is 0 Å². The molecule has 1 saturated carbocycles. The van der Waals surface area contributed by atoms with Crippen LogP contribution in [0.25, 0.3) is 0 Å². The fraction of sp³-hybridized carbons (Fsp3) is 0.636. The van der Waals surface area contributed by atoms with Crippen LogP contribution in [-0.4, -0.2) is 48.8 Å². The number of likely N-dealkylation sites (tertiary alicyclic amines) is 1. The van der Waals surface area contributed by atoms with E-state index in [1.807, 2.05) is 6.07 Å². The zero-order valence-corrected chi connectivity index (χ0v) is 17.3. The van der Waals surface area contributed by atoms with Gasteiger partial charge in [-0.05, 0) is 75.6 Å². The number of hydrogen-bond acceptors (Lipinski definition) is 4. The van der Waals surface area contributed by atoms with Crippen LogP contribution in [0.3, 0.4) is 0 Å². The van der Waals surface area contributed by atoms with Gasteiger partial charge in [-0.1, -0.05) is 0 Å². The average Bonchev–Trinajstić information content (AvgIpc) is 2.74. The summed E-state index contributed by atoms with van der Waals surface area (Å²) in [6, 6.07) is 5.53. The first kappa shape index (κ1) is 23.3. The molecule has 5 nitrogen and oxygen atoms in total. The lowest BCUT2D eigenvalue weighted by Gasteiger charge is -2.34. The topological polar surface area (TPSA) is 65.4 Å². The van der Waals surface area contributed by atoms with Crippen molar-refractivity contribution in [2.75, 3.05) is 19.6 Å². The summed E-state index contributed by atoms with van der Waals surface area (Å²) in [5, 5.41) is 11.2. The van der Waals surface area contributed by atoms with E-state index < -0.39 is 17.9 Å². The number of amides is 1. The number of nitrogens with zero attached hydrogens (tertiary/aromatic N) is 2. The standard InChI is InChI=1S/C22H27F4N3O2/c23-17-3-6-20(16(13-17)14-27)31-19-8-11-29(12-9-19)10-7-15-1-4-18(5-2-15)28-21(30)22(24,25)26/h3,6,13,15,18-19H,1-2,4-5,7-12H2,(H,28,30). The molecule has 0 bridgehead atoms. The van der Waals surface area contributed by atoms with E-state index in [0.717, 1.165) is 51.7 Å². The molecule has 0 unspecified atom stereocenters. The lowest BCUT2D eigenvalue weighted by Crippen LogP contribution is -2.44. The minimum absolute atomic E-state index is 0.0125. The average molecular weight is 441 g/mol. The number of carbonyl (C=O) groups is 1. The Labute approximate surface area is 179 Å². The molecule has 0 radical (unpaired) electrons. The minimum atomic E-state index is -4.82. The second-order valence-corrected chi connectivity index (χ2v) is 8.39. The molecule has 3 rings (SSSR count). The molecule has 1 aliphatic heterocycles. The third-order valence-corrected chi connectivity index (χ3v) is 6.18. The Bertz CT molecular complexity index is 793. The van der Waals surface area contributed by atoms with Gasteiger partial charge >= 0.3 is 12.1 Å². The zero-order chi connectivity index (χ0) is 22.4. The van der Waals surface area contributed by atoms with Crippen molar-refractivity contribution in [1.82, 2.24) is 10.2 Å². The number of halogens is 4. The van der Waals surface area contributed by atoms with Crippen molar-refractivity contribution in [2.24, 2.45) is 5.92 Å². The summed E-state index contributed by atoms with van der Waals surface area (Å²) >= 11 is 0. The molecule has 1 heterocycles. The fourth-order valence-electron chi connectivity index (χ4n) is 4.35. The predicted molar refractivity (Wildman–Crippen MR) is 106 cm³/mol. The predicted octanol–water partition coefficient (Wildman–Crippen LogP) is 4.17. The number of nitriles is 1. The van der Waals surface area contributed by atoms with Gasteiger partial charge in [0, 0.05) is 19.1 Å². The van der Waals surface area contributed by atoms with E-state index in [0.29, 0.717) is 24.5 Å². The highest BCUT2D eigenvalue weighted by atomic mass is 19.4. The zero-order valence-electron chi connectivity index (χ0n) is 17.3. The second kappa shape index (κ2) is 10.3. The summed E-state index contributed by atoms with van der Waals surface area (Å²) in [7, 11) is 0. The van der Waals surface area contributed by atoms with Crippen LogP contribution in [0.1, 0.15) is 50.5 Å². The summed E-state index contributed by atoms with van der Waals surface area (Å²) in [4.78, 5) is 13.4. The largest absolute Gasteiger partial charge is 0.489 e. The van der Waals surface area contributed by atoms with Gasteiger partial charge in [-0.15, -0.1) is 0 Å². The molecule has 0 spiro atoms. The molecule has 1 aliphatic carbocycles. The molecule has 170 valence electrons. The maximum atomic E-state index is 13.2. The summed E-state index contributed by atoms with van der Waals surface area (Å²) < 4.78 is 56.2. The molecule has 9 heteroatoms. The van der Waals surface area contributed by atoms with E-state index in [1.165, 1.54) is 18.2 Å². The maximum Gasteiger partial charge on any atom is 0.471 e. The third kappa shape index (κ3) is 6.82. The van der Waals surface area contributed by atoms with Crippen molar-refractivity contribution in [2.45, 2.75) is 63.3 Å². The summed E-state index contributed by atoms with van der Waals surface area (Å²) in [5.74, 6) is -1.43. The molecule has 0 aromatic heterocycles. The molecule has 1 N–H and O–H groups in total. The van der Waals surface area contributed by atoms with E-state index >= 15 is 0 Å². The van der Waals surface area contributed by atoms with Gasteiger partial charge in [-0.3, -0.25) is 4.79 Å². The van der Waals surface area contributed by atoms with Crippen molar-refractivity contribution in [1.29, 1.82) is 5.26 Å². The SMILES string of the molecule is N#Cc1cc(F)ccc1OC1CCN(CCC2CCC(NC(=O)C(F)(F)F)CC2)CC1. The van der Waals surface area contributed by atoms with Crippen LogP contribution in [-0.2, 0) is 4.79 Å². The number of piperidine rings is 1. The quantitative estimate of drug-likeness (QED) is 0.673. The minimum Gasteiger partial charge on any atom is -0.489 e. The van der Waals surface area contributed by atoms with Gasteiger partial charge in [-0.25, -0.2) is 4.39 Å². The molecule has 1 amide bonds. The van der Waals surface area contributed by atoms with Crippen molar-refractivity contribution in [3.63, 3.8) is 0 Å². The highest BCUT2D eigenvalue weighted by Crippen LogP contribution is 2.29. The van der Waals surface area contributed by atoms with Crippen LogP contribution < -0.4 is 10.1 Å². The number of hydrogen-bond donors (Lipinski definition) is 1. The first-order valence-electron chi connectivity index (χ1n) is 10.7. The highest BCUT2D eigenvalue weighted by Gasteiger charge is 2.40. The molecule has 1 aromatic carbocycles. The van der Waals surface area contributed by atoms with Crippen LogP contribution in [0.4, 0.5) is 17.6 Å². The van der Waals surface area contributed by atoms with Crippen molar-refractivity contribution < 1.29 is 27.1 Å². The lowest BCUT2D eigenvalue weighted by molar-refractivity contribution is -0.174. The Hall–Kier alpha value is -2.34. The summed E-state index contributed by atoms with van der Waals surface area (Å²) in [5.41, 5.74) is 0.199. The van der Waals surface area contributed by atoms with Gasteiger partial charge < -0.3 is 15.0 Å². The summed E-state index contributed by atoms with van der Waals surface area (Å²) in [6.07, 6.45) is 0.607. The van der Waals surface area contributed by atoms with Crippen molar-refractivity contribution in [3.05, 3.63) is 29.6 Å². The first-order valence-corrected chi connectivity index (χ1v) is 10.7. The number of benzene rings is 1. The van der Waals surface area contributed by atoms with Gasteiger partial charge in [0.15, 0.2) is 0 Å². The molecule has 2 aliphatic rings. The molecule has 1 aromatic rings. The molecular weight excluding hydrogens is 414 g/mol. The number of nitrogens with one attached hydrogen (secondary N) is 1. The fourth-order valence-corrected chi connectivity index (χ4v) is 4.35. The number of alkyl halides is 3. The monoisotopic (exact) mass is 441 g/mol. The van der Waals surface area contributed by atoms with Gasteiger partial charge in [0.05, 0.1) is 5.56 Å². The number of ether oxygens (including phenoxy) is 1. The van der Waals surface area contributed by atoms with E-state index in [2.05, 4.69) is 10.2 Å². The van der Waals surface area contributed by atoms with Crippen molar-refractivity contribution >= 4 is 5.91 Å². The van der Waals surface area contributed by atoms with Crippen LogP contribution in [0.15, 0.2) is 18.2 Å². The van der Waals surface area contributed by atoms with Crippen LogP contribution >= 0.6 is 0 Å². The first-order chi connectivity index (χ1) is 14.7. The molecule has 31 heavy (non-hydrogen) atoms. The van der Waals surface area contributed by atoms with Gasteiger partial charge in [0.2, 0.25) is 0 Å². The molecule has 1 saturated heterocycles. The summed E-state index contributed by atoms with van der Waals surface area (Å²) in [6.45, 7) is 2.66.